The van der Waals surface area contributed by atoms with Gasteiger partial charge in [0.1, 0.15) is 12.3 Å². The molecule has 0 fully saturated rings. The number of rotatable bonds is 4. The Morgan fingerprint density at radius 1 is 0.800 bits per heavy atom. The van der Waals surface area contributed by atoms with E-state index in [9.17, 15) is 0 Å². The molecule has 10 nitrogen and oxygen atoms in total. The summed E-state index contributed by atoms with van der Waals surface area (Å²) in [5.74, 6) is -9.20. The van der Waals surface area contributed by atoms with Gasteiger partial charge in [0.15, 0.2) is 0 Å². The van der Waals surface area contributed by atoms with Crippen LogP contribution >= 0.6 is 17.2 Å². The Kier molecular flexibility index (Phi) is 15.1. The molecule has 2 atom stereocenters. The summed E-state index contributed by atoms with van der Waals surface area (Å²) < 4.78 is 0. The topological polar surface area (TPSA) is 202 Å². The molecule has 0 aromatic heterocycles. The normalized spacial score (nSPS) is 11.8. The lowest BCUT2D eigenvalue weighted by Gasteiger charge is -2.06. The molecule has 0 spiro atoms. The van der Waals surface area contributed by atoms with Gasteiger partial charge in [0, 0.05) is 13.3 Å². The van der Waals surface area contributed by atoms with Crippen LogP contribution in [0.5, 0.6) is 0 Å². The van der Waals surface area contributed by atoms with Crippen molar-refractivity contribution in [2.24, 2.45) is 0 Å². The van der Waals surface area contributed by atoms with Crippen LogP contribution in [0.1, 0.15) is 0 Å². The first-order valence-corrected chi connectivity index (χ1v) is 9.03. The van der Waals surface area contributed by atoms with E-state index in [1.807, 2.05) is 13.3 Å². The van der Waals surface area contributed by atoms with Crippen molar-refractivity contribution in [2.75, 3.05) is 25.7 Å². The summed E-state index contributed by atoms with van der Waals surface area (Å²) in [6.45, 7) is 3.66. The molecule has 0 aliphatic carbocycles. The minimum Gasteiger partial charge on any atom is -0.543 e. The summed E-state index contributed by atoms with van der Waals surface area (Å²) in [6, 6.07) is 0. The molecule has 0 rings (SSSR count). The highest BCUT2D eigenvalue weighted by Crippen LogP contribution is 2.08. The average molecular weight is 338 g/mol. The molecule has 2 unspecified atom stereocenters. The molecule has 0 aromatic rings. The minimum atomic E-state index is -2.41. The van der Waals surface area contributed by atoms with E-state index in [-0.39, 0.29) is 29.5 Å². The Balaban J connectivity index is -0.000000218. The van der Waals surface area contributed by atoms with Crippen LogP contribution in [-0.4, -0.2) is 80.2 Å². The van der Waals surface area contributed by atoms with E-state index >= 15 is 0 Å². The maximum atomic E-state index is 8.93. The van der Waals surface area contributed by atoms with Crippen molar-refractivity contribution in [3.05, 3.63) is 0 Å². The van der Waals surface area contributed by atoms with E-state index in [2.05, 4.69) is 0 Å². The number of aliphatic carboxylic acids is 2. The van der Waals surface area contributed by atoms with E-state index in [0.717, 1.165) is 0 Å². The van der Waals surface area contributed by atoms with Gasteiger partial charge in [-0.2, -0.15) is 0 Å². The van der Waals surface area contributed by atoms with Crippen LogP contribution in [0.2, 0.25) is 0 Å². The lowest BCUT2D eigenvalue weighted by atomic mass is 10.7. The lowest BCUT2D eigenvalue weighted by Crippen LogP contribution is -2.42. The molecule has 0 saturated heterocycles. The third kappa shape index (κ3) is 36.0. The van der Waals surface area contributed by atoms with Gasteiger partial charge in [-0.1, -0.05) is 0 Å². The zero-order valence-electron chi connectivity index (χ0n) is 10.9. The predicted molar refractivity (Wildman–Crippen MR) is 69.8 cm³/mol. The fourth-order valence-electron chi connectivity index (χ4n) is 0.548. The molecule has 20 heavy (non-hydrogen) atoms. The Hall–Kier alpha value is -0.440. The molecule has 0 aliphatic heterocycles. The van der Waals surface area contributed by atoms with Crippen LogP contribution in [0.15, 0.2) is 0 Å². The number of carbonyl (C=O) groups excluding carboxylic acids is 2. The van der Waals surface area contributed by atoms with Crippen LogP contribution in [0, 0.1) is 0 Å². The number of carboxylic acid groups (broad SMARTS) is 2. The summed E-state index contributed by atoms with van der Waals surface area (Å²) in [4.78, 5) is 17.9. The Bertz CT molecular complexity index is 241. The number of aliphatic hydroxyl groups is 6. The van der Waals surface area contributed by atoms with Gasteiger partial charge < -0.3 is 50.4 Å². The van der Waals surface area contributed by atoms with Gasteiger partial charge in [0.25, 0.3) is 0 Å². The summed E-state index contributed by atoms with van der Waals surface area (Å²) >= 11 is 0. The first kappa shape index (κ1) is 24.6. The third-order valence-corrected chi connectivity index (χ3v) is 3.03. The molecule has 122 valence electrons. The first-order chi connectivity index (χ1) is 8.76. The highest BCUT2D eigenvalue weighted by atomic mass is 31.1. The van der Waals surface area contributed by atoms with E-state index in [1.165, 1.54) is 0 Å². The zero-order valence-corrected chi connectivity index (χ0v) is 13.2. The van der Waals surface area contributed by atoms with Crippen molar-refractivity contribution in [1.29, 1.82) is 0 Å². The standard InChI is InChI=1S/2C3H9O3P.C2H2O4/c2*1-7-2-3(4,5)6;3-1(4)2(5)6/h2*4-7H,2H2,1H3;(H,3,4)(H,5,6). The molecule has 0 saturated carbocycles. The molecular weight excluding hydrogens is 318 g/mol. The van der Waals surface area contributed by atoms with E-state index in [0.29, 0.717) is 0 Å². The quantitative estimate of drug-likeness (QED) is 0.163. The molecule has 0 aromatic carbocycles. The van der Waals surface area contributed by atoms with Crippen molar-refractivity contribution in [3.63, 3.8) is 0 Å². The Morgan fingerprint density at radius 3 is 1.00 bits per heavy atom. The van der Waals surface area contributed by atoms with Crippen LogP contribution in [0.3, 0.4) is 0 Å². The molecule has 0 bridgehead atoms. The lowest BCUT2D eigenvalue weighted by molar-refractivity contribution is -0.345. The van der Waals surface area contributed by atoms with Crippen LogP contribution < -0.4 is 10.2 Å². The third-order valence-electron chi connectivity index (χ3n) is 1.12. The second-order valence-corrected chi connectivity index (χ2v) is 5.80. The zero-order chi connectivity index (χ0) is 17.0. The van der Waals surface area contributed by atoms with E-state index in [1.54, 1.807) is 0 Å². The van der Waals surface area contributed by atoms with Gasteiger partial charge in [-0.3, -0.25) is 0 Å². The first-order valence-electron chi connectivity index (χ1n) is 5.09. The van der Waals surface area contributed by atoms with Gasteiger partial charge in [0.05, 0.1) is 11.9 Å². The SMILES string of the molecule is C[PH2+]CC(O)(O)O.C[PH2+]CC(O)(O)O.O=C([O-])C(=O)[O-]. The smallest absolute Gasteiger partial charge is 0.310 e. The molecule has 0 heterocycles. The fraction of sp³-hybridized carbons (Fsp3) is 0.750. The van der Waals surface area contributed by atoms with Gasteiger partial charge in [0.2, 0.25) is 0 Å². The predicted octanol–water partition coefficient (Wildman–Crippen LogP) is -6.20. The fourth-order valence-corrected chi connectivity index (χ4v) is 1.64. The van der Waals surface area contributed by atoms with Crippen LogP contribution in [-0.2, 0) is 9.59 Å². The van der Waals surface area contributed by atoms with Gasteiger partial charge >= 0.3 is 11.9 Å². The van der Waals surface area contributed by atoms with E-state index < -0.39 is 23.9 Å². The highest BCUT2D eigenvalue weighted by Gasteiger charge is 2.19. The molecule has 12 heteroatoms. The second-order valence-electron chi connectivity index (χ2n) is 3.35. The van der Waals surface area contributed by atoms with Crippen molar-refractivity contribution in [1.82, 2.24) is 0 Å². The van der Waals surface area contributed by atoms with Gasteiger partial charge in [-0.15, -0.1) is 0 Å². The van der Waals surface area contributed by atoms with Crippen molar-refractivity contribution < 1.29 is 50.4 Å². The summed E-state index contributed by atoms with van der Waals surface area (Å²) in [7, 11) is -0.0810. The number of carboxylic acids is 2. The van der Waals surface area contributed by atoms with Crippen molar-refractivity contribution in [2.45, 2.75) is 11.9 Å². The van der Waals surface area contributed by atoms with Gasteiger partial charge in [-0.25, -0.2) is 0 Å². The summed E-state index contributed by atoms with van der Waals surface area (Å²) in [5.41, 5.74) is 0. The largest absolute Gasteiger partial charge is 0.543 e. The monoisotopic (exact) mass is 338 g/mol. The number of hydrogen-bond donors (Lipinski definition) is 6. The second kappa shape index (κ2) is 12.3. The summed E-state index contributed by atoms with van der Waals surface area (Å²) in [6.07, 6.45) is 0.181. The molecular formula is C8H20O10P2. The summed E-state index contributed by atoms with van der Waals surface area (Å²) in [5, 5.41) is 66.7. The van der Waals surface area contributed by atoms with Crippen molar-refractivity contribution >= 4 is 29.1 Å². The average Bonchev–Trinajstić information content (AvgIpc) is 2.15. The van der Waals surface area contributed by atoms with Crippen LogP contribution in [0.25, 0.3) is 0 Å². The molecule has 0 radical (unpaired) electrons. The molecule has 6 N–H and O–H groups in total. The number of hydrogen-bond acceptors (Lipinski definition) is 10. The molecule has 0 amide bonds. The maximum Gasteiger partial charge on any atom is 0.310 e. The van der Waals surface area contributed by atoms with E-state index in [4.69, 9.17) is 50.4 Å². The Morgan fingerprint density at radius 2 is 1.00 bits per heavy atom. The van der Waals surface area contributed by atoms with Gasteiger partial charge in [-0.05, 0) is 17.2 Å². The Labute approximate surface area is 118 Å². The maximum absolute atomic E-state index is 8.93. The van der Waals surface area contributed by atoms with Crippen molar-refractivity contribution in [3.8, 4) is 0 Å². The van der Waals surface area contributed by atoms with Crippen LogP contribution in [0.4, 0.5) is 0 Å². The minimum absolute atomic E-state index is 0.0405. The molecule has 0 aliphatic rings. The number of carbonyl (C=O) groups is 2. The highest BCUT2D eigenvalue weighted by molar-refractivity contribution is 7.37.